The highest BCUT2D eigenvalue weighted by atomic mass is 16.7. The highest BCUT2D eigenvalue weighted by molar-refractivity contribution is 4.87. The lowest BCUT2D eigenvalue weighted by Gasteiger charge is -2.12. The summed E-state index contributed by atoms with van der Waals surface area (Å²) in [5.74, 6) is 0. The largest absolute Gasteiger partial charge is 0.356 e. The van der Waals surface area contributed by atoms with Crippen molar-refractivity contribution in [3.8, 4) is 0 Å². The Bertz CT molecular complexity index is 230. The third-order valence-electron chi connectivity index (χ3n) is 3.39. The minimum atomic E-state index is -0.0231. The Kier molecular flexibility index (Phi) is 16.0. The minimum Gasteiger partial charge on any atom is -0.356 e. The second kappa shape index (κ2) is 16.5. The SMILES string of the molecule is CCCC/C=C/CC/C=C/CCCCCC(OC)OC. The lowest BCUT2D eigenvalue weighted by Crippen LogP contribution is -2.12. The summed E-state index contributed by atoms with van der Waals surface area (Å²) in [6.07, 6.45) is 21.4. The average molecular weight is 282 g/mol. The fraction of sp³-hybridized carbons (Fsp3) is 0.778. The molecule has 0 aromatic carbocycles. The summed E-state index contributed by atoms with van der Waals surface area (Å²) in [7, 11) is 3.40. The van der Waals surface area contributed by atoms with Crippen molar-refractivity contribution in [1.82, 2.24) is 0 Å². The first-order valence-corrected chi connectivity index (χ1v) is 8.20. The van der Waals surface area contributed by atoms with Gasteiger partial charge in [-0.2, -0.15) is 0 Å². The van der Waals surface area contributed by atoms with Crippen LogP contribution in [0.15, 0.2) is 24.3 Å². The van der Waals surface area contributed by atoms with Crippen LogP contribution in [0, 0.1) is 0 Å². The zero-order valence-electron chi connectivity index (χ0n) is 13.8. The van der Waals surface area contributed by atoms with E-state index in [1.54, 1.807) is 14.2 Å². The molecule has 0 spiro atoms. The van der Waals surface area contributed by atoms with Crippen LogP contribution in [0.4, 0.5) is 0 Å². The van der Waals surface area contributed by atoms with Crippen molar-refractivity contribution in [1.29, 1.82) is 0 Å². The van der Waals surface area contributed by atoms with E-state index in [9.17, 15) is 0 Å². The first-order chi connectivity index (χ1) is 9.85. The summed E-state index contributed by atoms with van der Waals surface area (Å²) < 4.78 is 10.3. The van der Waals surface area contributed by atoms with E-state index in [1.807, 2.05) is 0 Å². The molecule has 0 aliphatic rings. The number of ether oxygens (including phenoxy) is 2. The lowest BCUT2D eigenvalue weighted by atomic mass is 10.1. The number of hydrogen-bond acceptors (Lipinski definition) is 2. The normalized spacial score (nSPS) is 12.2. The Morgan fingerprint density at radius 2 is 1.25 bits per heavy atom. The van der Waals surface area contributed by atoms with Gasteiger partial charge in [0.15, 0.2) is 6.29 Å². The van der Waals surface area contributed by atoms with Crippen molar-refractivity contribution in [2.75, 3.05) is 14.2 Å². The molecule has 0 unspecified atom stereocenters. The number of rotatable bonds is 14. The molecule has 0 bridgehead atoms. The molecule has 20 heavy (non-hydrogen) atoms. The summed E-state index contributed by atoms with van der Waals surface area (Å²) in [4.78, 5) is 0. The molecule has 0 saturated heterocycles. The van der Waals surface area contributed by atoms with Crippen LogP contribution < -0.4 is 0 Å². The number of allylic oxidation sites excluding steroid dienone is 4. The summed E-state index contributed by atoms with van der Waals surface area (Å²) in [6.45, 7) is 2.24. The molecule has 0 atom stereocenters. The van der Waals surface area contributed by atoms with E-state index in [2.05, 4.69) is 31.2 Å². The highest BCUT2D eigenvalue weighted by Gasteiger charge is 2.02. The molecule has 0 saturated carbocycles. The van der Waals surface area contributed by atoms with Gasteiger partial charge in [-0.1, -0.05) is 50.5 Å². The van der Waals surface area contributed by atoms with Crippen molar-refractivity contribution < 1.29 is 9.47 Å². The van der Waals surface area contributed by atoms with E-state index < -0.39 is 0 Å². The number of unbranched alkanes of at least 4 members (excludes halogenated alkanes) is 6. The molecular weight excluding hydrogens is 248 g/mol. The van der Waals surface area contributed by atoms with Crippen molar-refractivity contribution >= 4 is 0 Å². The quantitative estimate of drug-likeness (QED) is 0.233. The van der Waals surface area contributed by atoms with Gasteiger partial charge in [0.25, 0.3) is 0 Å². The van der Waals surface area contributed by atoms with Crippen LogP contribution in [-0.4, -0.2) is 20.5 Å². The Morgan fingerprint density at radius 3 is 1.80 bits per heavy atom. The fourth-order valence-corrected chi connectivity index (χ4v) is 2.07. The fourth-order valence-electron chi connectivity index (χ4n) is 2.07. The van der Waals surface area contributed by atoms with Gasteiger partial charge in [-0.3, -0.25) is 0 Å². The predicted octanol–water partition coefficient (Wildman–Crippen LogP) is 5.64. The first-order valence-electron chi connectivity index (χ1n) is 8.20. The number of hydrogen-bond donors (Lipinski definition) is 0. The number of methoxy groups -OCH3 is 2. The van der Waals surface area contributed by atoms with Crippen LogP contribution in [0.3, 0.4) is 0 Å². The lowest BCUT2D eigenvalue weighted by molar-refractivity contribution is -0.107. The second-order valence-electron chi connectivity index (χ2n) is 5.20. The molecule has 0 rings (SSSR count). The monoisotopic (exact) mass is 282 g/mol. The second-order valence-corrected chi connectivity index (χ2v) is 5.20. The zero-order chi connectivity index (χ0) is 14.9. The third kappa shape index (κ3) is 13.8. The van der Waals surface area contributed by atoms with Crippen LogP contribution in [0.1, 0.15) is 71.1 Å². The van der Waals surface area contributed by atoms with Crippen molar-refractivity contribution in [2.24, 2.45) is 0 Å². The predicted molar refractivity (Wildman–Crippen MR) is 87.9 cm³/mol. The van der Waals surface area contributed by atoms with Gasteiger partial charge in [0.05, 0.1) is 0 Å². The summed E-state index contributed by atoms with van der Waals surface area (Å²) in [5.41, 5.74) is 0. The van der Waals surface area contributed by atoms with Gasteiger partial charge in [-0.05, 0) is 44.9 Å². The maximum Gasteiger partial charge on any atom is 0.156 e. The van der Waals surface area contributed by atoms with E-state index in [0.717, 1.165) is 6.42 Å². The molecule has 0 heterocycles. The van der Waals surface area contributed by atoms with E-state index in [-0.39, 0.29) is 6.29 Å². The molecule has 0 aliphatic carbocycles. The van der Waals surface area contributed by atoms with E-state index in [4.69, 9.17) is 9.47 Å². The van der Waals surface area contributed by atoms with Crippen LogP contribution >= 0.6 is 0 Å². The molecular formula is C18H34O2. The summed E-state index contributed by atoms with van der Waals surface area (Å²) in [5, 5.41) is 0. The maximum atomic E-state index is 5.16. The van der Waals surface area contributed by atoms with Crippen LogP contribution in [0.5, 0.6) is 0 Å². The zero-order valence-corrected chi connectivity index (χ0v) is 13.8. The summed E-state index contributed by atoms with van der Waals surface area (Å²) >= 11 is 0. The average Bonchev–Trinajstić information content (AvgIpc) is 2.48. The topological polar surface area (TPSA) is 18.5 Å². The molecule has 0 amide bonds. The smallest absolute Gasteiger partial charge is 0.156 e. The molecule has 0 N–H and O–H groups in total. The van der Waals surface area contributed by atoms with Gasteiger partial charge >= 0.3 is 0 Å². The van der Waals surface area contributed by atoms with Gasteiger partial charge in [-0.15, -0.1) is 0 Å². The summed E-state index contributed by atoms with van der Waals surface area (Å²) in [6, 6.07) is 0. The van der Waals surface area contributed by atoms with Gasteiger partial charge in [-0.25, -0.2) is 0 Å². The molecule has 0 radical (unpaired) electrons. The van der Waals surface area contributed by atoms with Gasteiger partial charge in [0.1, 0.15) is 0 Å². The Labute approximate surface area is 126 Å². The van der Waals surface area contributed by atoms with E-state index in [1.165, 1.54) is 57.8 Å². The molecule has 2 nitrogen and oxygen atoms in total. The van der Waals surface area contributed by atoms with E-state index in [0.29, 0.717) is 0 Å². The molecule has 0 aliphatic heterocycles. The standard InChI is InChI=1S/C18H34O2/c1-4-5-6-7-8-9-10-11-12-13-14-15-16-17-18(19-2)20-3/h7-8,11-12,18H,4-6,9-10,13-17H2,1-3H3/b8-7+,12-11+. The van der Waals surface area contributed by atoms with Gasteiger partial charge in [0, 0.05) is 14.2 Å². The van der Waals surface area contributed by atoms with E-state index >= 15 is 0 Å². The van der Waals surface area contributed by atoms with Crippen molar-refractivity contribution in [3.63, 3.8) is 0 Å². The maximum absolute atomic E-state index is 5.16. The Balaban J connectivity index is 3.25. The molecule has 0 aromatic rings. The van der Waals surface area contributed by atoms with Gasteiger partial charge < -0.3 is 9.47 Å². The molecule has 118 valence electrons. The van der Waals surface area contributed by atoms with Crippen molar-refractivity contribution in [3.05, 3.63) is 24.3 Å². The first kappa shape index (κ1) is 19.4. The van der Waals surface area contributed by atoms with Crippen LogP contribution in [-0.2, 0) is 9.47 Å². The minimum absolute atomic E-state index is 0.0231. The molecule has 2 heteroatoms. The van der Waals surface area contributed by atoms with Crippen LogP contribution in [0.25, 0.3) is 0 Å². The van der Waals surface area contributed by atoms with Crippen LogP contribution in [0.2, 0.25) is 0 Å². The van der Waals surface area contributed by atoms with Gasteiger partial charge in [0.2, 0.25) is 0 Å². The Morgan fingerprint density at radius 1 is 0.700 bits per heavy atom. The highest BCUT2D eigenvalue weighted by Crippen LogP contribution is 2.09. The third-order valence-corrected chi connectivity index (χ3v) is 3.39. The molecule has 0 aromatic heterocycles. The Hall–Kier alpha value is -0.600. The molecule has 0 fully saturated rings. The van der Waals surface area contributed by atoms with Crippen molar-refractivity contribution in [2.45, 2.75) is 77.4 Å².